The van der Waals surface area contributed by atoms with Crippen LogP contribution in [0.5, 0.6) is 11.5 Å². The Kier molecular flexibility index (Phi) is 8.02. The molecule has 0 fully saturated rings. The second-order valence-corrected chi connectivity index (χ2v) is 9.35. The molecule has 0 spiro atoms. The lowest BCUT2D eigenvalue weighted by atomic mass is 10.0. The number of hydrogen-bond donors (Lipinski definition) is 0. The van der Waals surface area contributed by atoms with Gasteiger partial charge in [0.2, 0.25) is 5.91 Å². The van der Waals surface area contributed by atoms with Gasteiger partial charge < -0.3 is 19.3 Å². The van der Waals surface area contributed by atoms with Gasteiger partial charge in [0.25, 0.3) is 5.91 Å². The van der Waals surface area contributed by atoms with Gasteiger partial charge in [0.15, 0.2) is 11.5 Å². The number of halogens is 1. The maximum atomic E-state index is 13.7. The molecule has 0 N–H and O–H groups in total. The summed E-state index contributed by atoms with van der Waals surface area (Å²) in [7, 11) is 1.59. The van der Waals surface area contributed by atoms with Crippen molar-refractivity contribution in [1.82, 2.24) is 9.80 Å². The first-order valence-electron chi connectivity index (χ1n) is 11.7. The Bertz CT molecular complexity index is 1180. The van der Waals surface area contributed by atoms with Gasteiger partial charge in [-0.15, -0.1) is 11.3 Å². The number of carbonyl (C=O) groups is 2. The van der Waals surface area contributed by atoms with Gasteiger partial charge in [-0.05, 0) is 60.2 Å². The van der Waals surface area contributed by atoms with Crippen LogP contribution in [0.2, 0.25) is 0 Å². The lowest BCUT2D eigenvalue weighted by Gasteiger charge is -2.37. The third-order valence-corrected chi connectivity index (χ3v) is 7.06. The van der Waals surface area contributed by atoms with E-state index in [2.05, 4.69) is 0 Å². The molecule has 184 valence electrons. The largest absolute Gasteiger partial charge is 0.493 e. The third-order valence-electron chi connectivity index (χ3n) is 6.06. The Hall–Kier alpha value is -3.39. The molecule has 2 amide bonds. The van der Waals surface area contributed by atoms with Gasteiger partial charge in [0, 0.05) is 23.5 Å². The van der Waals surface area contributed by atoms with E-state index >= 15 is 0 Å². The van der Waals surface area contributed by atoms with Crippen LogP contribution in [0.3, 0.4) is 0 Å². The highest BCUT2D eigenvalue weighted by Gasteiger charge is 2.33. The normalized spacial score (nSPS) is 14.8. The monoisotopic (exact) mass is 496 g/mol. The number of methoxy groups -OCH3 is 1. The molecular formula is C27H29FN2O4S. The smallest absolute Gasteiger partial charge is 0.254 e. The topological polar surface area (TPSA) is 59.1 Å². The summed E-state index contributed by atoms with van der Waals surface area (Å²) in [4.78, 5) is 31.2. The maximum absolute atomic E-state index is 13.7. The number of hydrogen-bond acceptors (Lipinski definition) is 5. The van der Waals surface area contributed by atoms with Crippen molar-refractivity contribution in [1.29, 1.82) is 0 Å². The van der Waals surface area contributed by atoms with Crippen molar-refractivity contribution in [3.8, 4) is 11.5 Å². The number of fused-ring (bicyclic) bond motifs is 1. The van der Waals surface area contributed by atoms with Crippen molar-refractivity contribution < 1.29 is 23.5 Å². The molecule has 1 aliphatic rings. The Morgan fingerprint density at radius 3 is 2.69 bits per heavy atom. The molecule has 2 heterocycles. The Balaban J connectivity index is 1.53. The first-order valence-corrected chi connectivity index (χ1v) is 12.6. The van der Waals surface area contributed by atoms with Crippen LogP contribution in [-0.2, 0) is 11.2 Å². The zero-order valence-corrected chi connectivity index (χ0v) is 20.7. The third kappa shape index (κ3) is 5.65. The Morgan fingerprint density at radius 2 is 1.94 bits per heavy atom. The second kappa shape index (κ2) is 11.4. The zero-order valence-electron chi connectivity index (χ0n) is 19.9. The highest BCUT2D eigenvalue weighted by molar-refractivity contribution is 7.10. The van der Waals surface area contributed by atoms with E-state index in [4.69, 9.17) is 9.47 Å². The van der Waals surface area contributed by atoms with E-state index in [0.717, 1.165) is 12.0 Å². The molecule has 2 aromatic carbocycles. The van der Waals surface area contributed by atoms with Crippen LogP contribution in [0, 0.1) is 5.82 Å². The number of amides is 2. The summed E-state index contributed by atoms with van der Waals surface area (Å²) in [6.45, 7) is 3.08. The summed E-state index contributed by atoms with van der Waals surface area (Å²) in [5.41, 5.74) is 1.31. The molecule has 1 aromatic heterocycles. The molecule has 3 aromatic rings. The van der Waals surface area contributed by atoms with Gasteiger partial charge in [-0.3, -0.25) is 9.59 Å². The summed E-state index contributed by atoms with van der Waals surface area (Å²) in [5.74, 6) is 0.247. The minimum atomic E-state index is -0.479. The van der Waals surface area contributed by atoms with E-state index in [1.165, 1.54) is 28.0 Å². The summed E-state index contributed by atoms with van der Waals surface area (Å²) < 4.78 is 25.2. The summed E-state index contributed by atoms with van der Waals surface area (Å²) in [6, 6.07) is 14.7. The van der Waals surface area contributed by atoms with Gasteiger partial charge in [0.05, 0.1) is 13.2 Å². The fraction of sp³-hybridized carbons (Fsp3) is 0.333. The number of benzene rings is 2. The van der Waals surface area contributed by atoms with Crippen LogP contribution < -0.4 is 9.47 Å². The highest BCUT2D eigenvalue weighted by Crippen LogP contribution is 2.35. The first-order chi connectivity index (χ1) is 17.0. The number of carbonyl (C=O) groups excluding carboxylic acids is 2. The molecular weight excluding hydrogens is 467 g/mol. The van der Waals surface area contributed by atoms with E-state index in [1.807, 2.05) is 42.6 Å². The van der Waals surface area contributed by atoms with E-state index in [1.54, 1.807) is 29.4 Å². The molecule has 0 bridgehead atoms. The molecule has 1 atom stereocenters. The maximum Gasteiger partial charge on any atom is 0.254 e. The second-order valence-electron chi connectivity index (χ2n) is 8.35. The quantitative estimate of drug-likeness (QED) is 0.421. The molecule has 35 heavy (non-hydrogen) atoms. The van der Waals surface area contributed by atoms with Crippen molar-refractivity contribution in [2.24, 2.45) is 0 Å². The number of nitrogens with zero attached hydrogens (tertiary/aromatic N) is 2. The minimum absolute atomic E-state index is 0.0756. The van der Waals surface area contributed by atoms with Crippen molar-refractivity contribution in [3.05, 3.63) is 81.8 Å². The van der Waals surface area contributed by atoms with Crippen molar-refractivity contribution in [2.45, 2.75) is 25.8 Å². The van der Waals surface area contributed by atoms with Crippen LogP contribution >= 0.6 is 11.3 Å². The highest BCUT2D eigenvalue weighted by atomic mass is 32.1. The predicted molar refractivity (Wildman–Crippen MR) is 134 cm³/mol. The van der Waals surface area contributed by atoms with E-state index in [-0.39, 0.29) is 36.6 Å². The number of ether oxygens (including phenoxy) is 2. The molecule has 0 aliphatic carbocycles. The fourth-order valence-electron chi connectivity index (χ4n) is 4.36. The standard InChI is InChI=1S/C27H29FN2O4S/c1-3-13-29(27(32)19-7-6-8-20(28)16-19)17-26(31)30-14-11-25-21(12-15-35-25)22(30)18-34-24-10-5-4-9-23(24)33-2/h4-10,12,15-16,22H,3,11,13-14,17-18H2,1-2H3/t22-/m0/s1. The van der Waals surface area contributed by atoms with Crippen LogP contribution in [0.1, 0.15) is 40.2 Å². The van der Waals surface area contributed by atoms with E-state index in [0.29, 0.717) is 31.0 Å². The molecule has 8 heteroatoms. The van der Waals surface area contributed by atoms with E-state index in [9.17, 15) is 14.0 Å². The first kappa shape index (κ1) is 24.7. The SMILES string of the molecule is CCCN(CC(=O)N1CCc2sccc2[C@@H]1COc1ccccc1OC)C(=O)c1cccc(F)c1. The van der Waals surface area contributed by atoms with Gasteiger partial charge in [-0.1, -0.05) is 25.1 Å². The van der Waals surface area contributed by atoms with Crippen LogP contribution in [0.25, 0.3) is 0 Å². The minimum Gasteiger partial charge on any atom is -0.493 e. The van der Waals surface area contributed by atoms with Crippen molar-refractivity contribution >= 4 is 23.2 Å². The van der Waals surface area contributed by atoms with Crippen LogP contribution in [0.4, 0.5) is 4.39 Å². The average Bonchev–Trinajstić information content (AvgIpc) is 3.36. The summed E-state index contributed by atoms with van der Waals surface area (Å²) in [5, 5.41) is 2.03. The van der Waals surface area contributed by atoms with Gasteiger partial charge >= 0.3 is 0 Å². The van der Waals surface area contributed by atoms with Crippen molar-refractivity contribution in [2.75, 3.05) is 33.4 Å². The molecule has 6 nitrogen and oxygen atoms in total. The lowest BCUT2D eigenvalue weighted by Crippen LogP contribution is -2.48. The average molecular weight is 497 g/mol. The number of para-hydroxylation sites is 2. The molecule has 0 radical (unpaired) electrons. The summed E-state index contributed by atoms with van der Waals surface area (Å²) in [6.07, 6.45) is 1.44. The molecule has 0 saturated carbocycles. The van der Waals surface area contributed by atoms with Crippen molar-refractivity contribution in [3.63, 3.8) is 0 Å². The zero-order chi connectivity index (χ0) is 24.8. The van der Waals surface area contributed by atoms with Gasteiger partial charge in [0.1, 0.15) is 19.0 Å². The Morgan fingerprint density at radius 1 is 1.14 bits per heavy atom. The molecule has 0 unspecified atom stereocenters. The summed E-state index contributed by atoms with van der Waals surface area (Å²) >= 11 is 1.68. The Labute approximate surface area is 208 Å². The predicted octanol–water partition coefficient (Wildman–Crippen LogP) is 4.95. The van der Waals surface area contributed by atoms with E-state index < -0.39 is 5.82 Å². The van der Waals surface area contributed by atoms with Gasteiger partial charge in [-0.25, -0.2) is 4.39 Å². The molecule has 4 rings (SSSR count). The fourth-order valence-corrected chi connectivity index (χ4v) is 5.29. The van der Waals surface area contributed by atoms with Gasteiger partial charge in [-0.2, -0.15) is 0 Å². The number of rotatable bonds is 9. The molecule has 1 aliphatic heterocycles. The number of thiophene rings is 1. The lowest BCUT2D eigenvalue weighted by molar-refractivity contribution is -0.135. The van der Waals surface area contributed by atoms with Crippen LogP contribution in [-0.4, -0.2) is 55.0 Å². The molecule has 0 saturated heterocycles. The van der Waals surface area contributed by atoms with Crippen LogP contribution in [0.15, 0.2) is 60.0 Å².